The van der Waals surface area contributed by atoms with Crippen LogP contribution in [0.1, 0.15) is 15.9 Å². The number of para-hydroxylation sites is 2. The van der Waals surface area contributed by atoms with Crippen LogP contribution in [0, 0.1) is 0 Å². The van der Waals surface area contributed by atoms with E-state index in [4.69, 9.17) is 11.6 Å². The summed E-state index contributed by atoms with van der Waals surface area (Å²) < 4.78 is 0. The summed E-state index contributed by atoms with van der Waals surface area (Å²) in [6.45, 7) is 2.47. The molecule has 0 atom stereocenters. The van der Waals surface area contributed by atoms with Gasteiger partial charge in [-0.2, -0.15) is 0 Å². The van der Waals surface area contributed by atoms with Gasteiger partial charge in [0.05, 0.1) is 24.2 Å². The molecule has 0 unspecified atom stereocenters. The van der Waals surface area contributed by atoms with Crippen LogP contribution in [0.5, 0.6) is 0 Å². The molecule has 1 aliphatic rings. The lowest BCUT2D eigenvalue weighted by Crippen LogP contribution is -2.50. The van der Waals surface area contributed by atoms with Crippen molar-refractivity contribution in [3.63, 3.8) is 0 Å². The summed E-state index contributed by atoms with van der Waals surface area (Å²) in [6.07, 6.45) is 0.266. The Kier molecular flexibility index (Phi) is 8.13. The zero-order valence-electron chi connectivity index (χ0n) is 19.2. The first-order valence-corrected chi connectivity index (χ1v) is 11.9. The summed E-state index contributed by atoms with van der Waals surface area (Å²) in [4.78, 5) is 41.9. The van der Waals surface area contributed by atoms with Crippen LogP contribution in [-0.4, -0.2) is 60.2 Å². The fourth-order valence-electron chi connectivity index (χ4n) is 3.97. The topological polar surface area (TPSA) is 81.8 Å². The summed E-state index contributed by atoms with van der Waals surface area (Å²) in [5, 5.41) is 6.30. The Morgan fingerprint density at radius 1 is 0.771 bits per heavy atom. The number of amides is 3. The molecule has 3 aromatic carbocycles. The molecule has 0 saturated carbocycles. The van der Waals surface area contributed by atoms with Gasteiger partial charge >= 0.3 is 0 Å². The van der Waals surface area contributed by atoms with Gasteiger partial charge in [0.1, 0.15) is 0 Å². The van der Waals surface area contributed by atoms with Crippen molar-refractivity contribution in [2.45, 2.75) is 6.42 Å². The maximum absolute atomic E-state index is 12.7. The number of piperazine rings is 1. The van der Waals surface area contributed by atoms with Crippen LogP contribution in [-0.2, 0) is 16.0 Å². The van der Waals surface area contributed by atoms with E-state index in [-0.39, 0.29) is 30.7 Å². The third kappa shape index (κ3) is 6.68. The molecule has 1 heterocycles. The molecule has 35 heavy (non-hydrogen) atoms. The molecule has 0 bridgehead atoms. The number of carbonyl (C=O) groups excluding carboxylic acids is 3. The van der Waals surface area contributed by atoms with E-state index in [0.717, 1.165) is 5.56 Å². The highest BCUT2D eigenvalue weighted by Crippen LogP contribution is 2.19. The monoisotopic (exact) mass is 490 g/mol. The summed E-state index contributed by atoms with van der Waals surface area (Å²) in [6, 6.07) is 23.4. The lowest BCUT2D eigenvalue weighted by molar-refractivity contribution is -0.132. The lowest BCUT2D eigenvalue weighted by atomic mass is 10.1. The molecule has 180 valence electrons. The van der Waals surface area contributed by atoms with E-state index in [2.05, 4.69) is 10.6 Å². The largest absolute Gasteiger partial charge is 0.340 e. The number of hydrogen-bond acceptors (Lipinski definition) is 4. The van der Waals surface area contributed by atoms with Crippen molar-refractivity contribution >= 4 is 40.7 Å². The third-order valence-corrected chi connectivity index (χ3v) is 6.24. The van der Waals surface area contributed by atoms with Crippen molar-refractivity contribution in [2.24, 2.45) is 0 Å². The number of hydrogen-bond donors (Lipinski definition) is 2. The van der Waals surface area contributed by atoms with Gasteiger partial charge < -0.3 is 15.5 Å². The van der Waals surface area contributed by atoms with E-state index in [9.17, 15) is 14.4 Å². The second-order valence-electron chi connectivity index (χ2n) is 8.34. The van der Waals surface area contributed by atoms with Gasteiger partial charge in [-0.15, -0.1) is 0 Å². The van der Waals surface area contributed by atoms with Crippen LogP contribution in [0.25, 0.3) is 0 Å². The lowest BCUT2D eigenvalue weighted by Gasteiger charge is -2.34. The molecular weight excluding hydrogens is 464 g/mol. The standard InChI is InChI=1S/C27H27ClN4O3/c28-23-12-6-4-8-20(23)18-26(34)32-16-14-31(15-17-32)19-25(33)30-24-13-7-5-11-22(24)27(35)29-21-9-2-1-3-10-21/h1-13H,14-19H2,(H,29,35)(H,30,33). The van der Waals surface area contributed by atoms with Crippen LogP contribution < -0.4 is 10.6 Å². The maximum Gasteiger partial charge on any atom is 0.257 e. The van der Waals surface area contributed by atoms with E-state index < -0.39 is 0 Å². The fourth-order valence-corrected chi connectivity index (χ4v) is 4.18. The zero-order chi connectivity index (χ0) is 24.6. The van der Waals surface area contributed by atoms with Crippen LogP contribution in [0.15, 0.2) is 78.9 Å². The summed E-state index contributed by atoms with van der Waals surface area (Å²) in [7, 11) is 0. The molecule has 0 aliphatic carbocycles. The van der Waals surface area contributed by atoms with Crippen molar-refractivity contribution in [3.8, 4) is 0 Å². The predicted octanol–water partition coefficient (Wildman–Crippen LogP) is 3.92. The first-order valence-electron chi connectivity index (χ1n) is 11.5. The summed E-state index contributed by atoms with van der Waals surface area (Å²) >= 11 is 6.18. The molecule has 0 radical (unpaired) electrons. The number of anilines is 2. The van der Waals surface area contributed by atoms with Gasteiger partial charge in [-0.25, -0.2) is 0 Å². The minimum atomic E-state index is -0.294. The van der Waals surface area contributed by atoms with Crippen molar-refractivity contribution in [3.05, 3.63) is 95.0 Å². The molecule has 7 nitrogen and oxygen atoms in total. The highest BCUT2D eigenvalue weighted by atomic mass is 35.5. The minimum absolute atomic E-state index is 0.0283. The highest BCUT2D eigenvalue weighted by molar-refractivity contribution is 6.31. The number of benzene rings is 3. The Bertz CT molecular complexity index is 1190. The summed E-state index contributed by atoms with van der Waals surface area (Å²) in [5.41, 5.74) is 2.34. The molecule has 1 fully saturated rings. The predicted molar refractivity (Wildman–Crippen MR) is 138 cm³/mol. The van der Waals surface area contributed by atoms with Gasteiger partial charge in [-0.3, -0.25) is 19.3 Å². The Labute approximate surface area is 209 Å². The molecule has 1 saturated heterocycles. The van der Waals surface area contributed by atoms with E-state index in [1.807, 2.05) is 41.3 Å². The van der Waals surface area contributed by atoms with E-state index in [0.29, 0.717) is 48.1 Å². The van der Waals surface area contributed by atoms with Gasteiger partial charge in [0, 0.05) is 36.9 Å². The Balaban J connectivity index is 1.28. The number of carbonyl (C=O) groups is 3. The minimum Gasteiger partial charge on any atom is -0.340 e. The normalized spacial score (nSPS) is 13.8. The first-order chi connectivity index (χ1) is 17.0. The van der Waals surface area contributed by atoms with Gasteiger partial charge in [0.15, 0.2) is 0 Å². The average Bonchev–Trinajstić information content (AvgIpc) is 2.86. The quantitative estimate of drug-likeness (QED) is 0.526. The van der Waals surface area contributed by atoms with Gasteiger partial charge in [0.25, 0.3) is 5.91 Å². The van der Waals surface area contributed by atoms with Crippen LogP contribution >= 0.6 is 11.6 Å². The number of halogens is 1. The smallest absolute Gasteiger partial charge is 0.257 e. The highest BCUT2D eigenvalue weighted by Gasteiger charge is 2.23. The Hall–Kier alpha value is -3.68. The fraction of sp³-hybridized carbons (Fsp3) is 0.222. The number of nitrogens with zero attached hydrogens (tertiary/aromatic N) is 2. The van der Waals surface area contributed by atoms with Crippen molar-refractivity contribution < 1.29 is 14.4 Å². The second-order valence-corrected chi connectivity index (χ2v) is 8.75. The zero-order valence-corrected chi connectivity index (χ0v) is 20.0. The third-order valence-electron chi connectivity index (χ3n) is 5.87. The van der Waals surface area contributed by atoms with E-state index >= 15 is 0 Å². The second kappa shape index (κ2) is 11.6. The van der Waals surface area contributed by atoms with Crippen molar-refractivity contribution in [1.29, 1.82) is 0 Å². The first kappa shape index (κ1) is 24.4. The van der Waals surface area contributed by atoms with Crippen LogP contribution in [0.4, 0.5) is 11.4 Å². The SMILES string of the molecule is O=C(CN1CCN(C(=O)Cc2ccccc2Cl)CC1)Nc1ccccc1C(=O)Nc1ccccc1. The summed E-state index contributed by atoms with van der Waals surface area (Å²) in [5.74, 6) is -0.473. The van der Waals surface area contributed by atoms with Gasteiger partial charge in [-0.1, -0.05) is 60.1 Å². The van der Waals surface area contributed by atoms with E-state index in [1.165, 1.54) is 0 Å². The van der Waals surface area contributed by atoms with Crippen LogP contribution in [0.2, 0.25) is 5.02 Å². The Morgan fingerprint density at radius 2 is 1.43 bits per heavy atom. The molecule has 4 rings (SSSR count). The van der Waals surface area contributed by atoms with Gasteiger partial charge in [0.2, 0.25) is 11.8 Å². The van der Waals surface area contributed by atoms with Crippen molar-refractivity contribution in [2.75, 3.05) is 43.4 Å². The van der Waals surface area contributed by atoms with Crippen LogP contribution in [0.3, 0.4) is 0 Å². The van der Waals surface area contributed by atoms with Crippen molar-refractivity contribution in [1.82, 2.24) is 9.80 Å². The average molecular weight is 491 g/mol. The molecule has 3 aromatic rings. The van der Waals surface area contributed by atoms with E-state index in [1.54, 1.807) is 47.4 Å². The number of rotatable bonds is 7. The molecule has 0 aromatic heterocycles. The molecular formula is C27H27ClN4O3. The number of nitrogens with one attached hydrogen (secondary N) is 2. The van der Waals surface area contributed by atoms with Gasteiger partial charge in [-0.05, 0) is 35.9 Å². The molecule has 8 heteroatoms. The molecule has 2 N–H and O–H groups in total. The maximum atomic E-state index is 12.7. The molecule has 3 amide bonds. The molecule has 1 aliphatic heterocycles. The molecule has 0 spiro atoms. The Morgan fingerprint density at radius 3 is 2.17 bits per heavy atom.